The minimum atomic E-state index is -0.830. The molecule has 6 heteroatoms. The van der Waals surface area contributed by atoms with Gasteiger partial charge in [-0.15, -0.1) is 0 Å². The SMILES string of the molecule is COC1CC(NC(=O)Nc2cccc(CCC(=O)O)c2)C1. The minimum Gasteiger partial charge on any atom is -0.481 e. The number of urea groups is 1. The molecule has 0 spiro atoms. The van der Waals surface area contributed by atoms with E-state index in [4.69, 9.17) is 9.84 Å². The fourth-order valence-electron chi connectivity index (χ4n) is 2.28. The molecule has 0 aliphatic heterocycles. The van der Waals surface area contributed by atoms with Gasteiger partial charge in [-0.25, -0.2) is 4.79 Å². The molecule has 0 radical (unpaired) electrons. The molecule has 1 aliphatic rings. The summed E-state index contributed by atoms with van der Waals surface area (Å²) < 4.78 is 5.16. The van der Waals surface area contributed by atoms with Crippen molar-refractivity contribution >= 4 is 17.7 Å². The number of rotatable bonds is 6. The zero-order valence-electron chi connectivity index (χ0n) is 12.0. The largest absolute Gasteiger partial charge is 0.481 e. The molecule has 6 nitrogen and oxygen atoms in total. The smallest absolute Gasteiger partial charge is 0.319 e. The summed E-state index contributed by atoms with van der Waals surface area (Å²) >= 11 is 0. The number of hydrogen-bond acceptors (Lipinski definition) is 3. The molecule has 2 amide bonds. The number of aliphatic carboxylic acids is 1. The number of ether oxygens (including phenoxy) is 1. The Hall–Kier alpha value is -2.08. The predicted molar refractivity (Wildman–Crippen MR) is 78.4 cm³/mol. The summed E-state index contributed by atoms with van der Waals surface area (Å²) in [4.78, 5) is 22.4. The number of carboxylic acids is 1. The lowest BCUT2D eigenvalue weighted by atomic mass is 9.89. The Morgan fingerprint density at radius 2 is 2.14 bits per heavy atom. The molecule has 0 bridgehead atoms. The lowest BCUT2D eigenvalue weighted by Gasteiger charge is -2.34. The van der Waals surface area contributed by atoms with Crippen molar-refractivity contribution in [3.8, 4) is 0 Å². The Labute approximate surface area is 123 Å². The summed E-state index contributed by atoms with van der Waals surface area (Å²) in [7, 11) is 1.67. The van der Waals surface area contributed by atoms with Crippen molar-refractivity contribution in [2.45, 2.75) is 37.8 Å². The highest BCUT2D eigenvalue weighted by Gasteiger charge is 2.30. The van der Waals surface area contributed by atoms with Crippen LogP contribution in [0.4, 0.5) is 10.5 Å². The van der Waals surface area contributed by atoms with Gasteiger partial charge < -0.3 is 20.5 Å². The van der Waals surface area contributed by atoms with E-state index >= 15 is 0 Å². The van der Waals surface area contributed by atoms with E-state index in [2.05, 4.69) is 10.6 Å². The van der Waals surface area contributed by atoms with E-state index in [0.29, 0.717) is 12.1 Å². The molecule has 0 atom stereocenters. The van der Waals surface area contributed by atoms with E-state index in [1.165, 1.54) is 0 Å². The van der Waals surface area contributed by atoms with Crippen LogP contribution in [0.25, 0.3) is 0 Å². The van der Waals surface area contributed by atoms with Crippen molar-refractivity contribution in [1.29, 1.82) is 0 Å². The third-order valence-corrected chi connectivity index (χ3v) is 3.58. The van der Waals surface area contributed by atoms with Gasteiger partial charge in [0.05, 0.1) is 6.10 Å². The number of carboxylic acid groups (broad SMARTS) is 1. The average Bonchev–Trinajstić information content (AvgIpc) is 2.40. The maximum atomic E-state index is 11.8. The lowest BCUT2D eigenvalue weighted by Crippen LogP contribution is -2.48. The fourth-order valence-corrected chi connectivity index (χ4v) is 2.28. The van der Waals surface area contributed by atoms with E-state index in [0.717, 1.165) is 18.4 Å². The van der Waals surface area contributed by atoms with Gasteiger partial charge in [-0.05, 0) is 37.0 Å². The normalized spacial score (nSPS) is 20.4. The van der Waals surface area contributed by atoms with Crippen LogP contribution in [0.5, 0.6) is 0 Å². The second-order valence-electron chi connectivity index (χ2n) is 5.22. The molecular weight excluding hydrogens is 272 g/mol. The molecule has 1 aromatic rings. The van der Waals surface area contributed by atoms with Crippen LogP contribution in [0.15, 0.2) is 24.3 Å². The Kier molecular flexibility index (Phi) is 5.16. The zero-order valence-corrected chi connectivity index (χ0v) is 12.0. The first-order chi connectivity index (χ1) is 10.1. The Balaban J connectivity index is 1.80. The number of anilines is 1. The van der Waals surface area contributed by atoms with Crippen LogP contribution < -0.4 is 10.6 Å². The van der Waals surface area contributed by atoms with Gasteiger partial charge in [0.2, 0.25) is 0 Å². The van der Waals surface area contributed by atoms with Gasteiger partial charge in [-0.1, -0.05) is 12.1 Å². The molecule has 0 saturated heterocycles. The van der Waals surface area contributed by atoms with Gasteiger partial charge in [0.15, 0.2) is 0 Å². The quantitative estimate of drug-likeness (QED) is 0.748. The first-order valence-corrected chi connectivity index (χ1v) is 6.98. The van der Waals surface area contributed by atoms with Gasteiger partial charge in [0.1, 0.15) is 0 Å². The lowest BCUT2D eigenvalue weighted by molar-refractivity contribution is -0.136. The van der Waals surface area contributed by atoms with Crippen molar-refractivity contribution in [3.63, 3.8) is 0 Å². The molecule has 0 heterocycles. The molecular formula is C15H20N2O4. The van der Waals surface area contributed by atoms with E-state index in [9.17, 15) is 9.59 Å². The first kappa shape index (κ1) is 15.3. The second kappa shape index (κ2) is 7.08. The predicted octanol–water partition coefficient (Wildman–Crippen LogP) is 2.00. The van der Waals surface area contributed by atoms with Crippen molar-refractivity contribution in [3.05, 3.63) is 29.8 Å². The highest BCUT2D eigenvalue weighted by atomic mass is 16.5. The standard InChI is InChI=1S/C15H20N2O4/c1-21-13-8-12(9-13)17-15(20)16-11-4-2-3-10(7-11)5-6-14(18)19/h2-4,7,12-13H,5-6,8-9H2,1H3,(H,18,19)(H2,16,17,20). The average molecular weight is 292 g/mol. The van der Waals surface area contributed by atoms with Crippen LogP contribution in [-0.4, -0.2) is 36.4 Å². The molecule has 114 valence electrons. The molecule has 3 N–H and O–H groups in total. The van der Waals surface area contributed by atoms with Crippen LogP contribution >= 0.6 is 0 Å². The van der Waals surface area contributed by atoms with Crippen LogP contribution in [0.1, 0.15) is 24.8 Å². The maximum Gasteiger partial charge on any atom is 0.319 e. The van der Waals surface area contributed by atoms with E-state index in [-0.39, 0.29) is 24.6 Å². The van der Waals surface area contributed by atoms with E-state index in [1.807, 2.05) is 6.07 Å². The summed E-state index contributed by atoms with van der Waals surface area (Å²) in [5.41, 5.74) is 1.55. The summed E-state index contributed by atoms with van der Waals surface area (Å²) in [6, 6.07) is 7.14. The maximum absolute atomic E-state index is 11.8. The van der Waals surface area contributed by atoms with Crippen molar-refractivity contribution in [2.75, 3.05) is 12.4 Å². The summed E-state index contributed by atoms with van der Waals surface area (Å²) in [6.45, 7) is 0. The van der Waals surface area contributed by atoms with Gasteiger partial charge >= 0.3 is 12.0 Å². The third kappa shape index (κ3) is 4.75. The first-order valence-electron chi connectivity index (χ1n) is 6.98. The number of carbonyl (C=O) groups excluding carboxylic acids is 1. The monoisotopic (exact) mass is 292 g/mol. The summed E-state index contributed by atoms with van der Waals surface area (Å²) in [5.74, 6) is -0.830. The van der Waals surface area contributed by atoms with Gasteiger partial charge in [-0.3, -0.25) is 4.79 Å². The topological polar surface area (TPSA) is 87.7 Å². The van der Waals surface area contributed by atoms with Crippen molar-refractivity contribution < 1.29 is 19.4 Å². The van der Waals surface area contributed by atoms with E-state index < -0.39 is 5.97 Å². The molecule has 21 heavy (non-hydrogen) atoms. The van der Waals surface area contributed by atoms with Crippen LogP contribution in [-0.2, 0) is 16.0 Å². The van der Waals surface area contributed by atoms with Gasteiger partial charge in [-0.2, -0.15) is 0 Å². The molecule has 1 aromatic carbocycles. The number of hydrogen-bond donors (Lipinski definition) is 3. The molecule has 1 saturated carbocycles. The zero-order chi connectivity index (χ0) is 15.2. The molecule has 0 aromatic heterocycles. The summed E-state index contributed by atoms with van der Waals surface area (Å²) in [6.07, 6.45) is 2.45. The molecule has 2 rings (SSSR count). The Bertz CT molecular complexity index is 512. The van der Waals surface area contributed by atoms with E-state index in [1.54, 1.807) is 25.3 Å². The highest BCUT2D eigenvalue weighted by Crippen LogP contribution is 2.22. The number of amides is 2. The number of methoxy groups -OCH3 is 1. The third-order valence-electron chi connectivity index (χ3n) is 3.58. The number of aryl methyl sites for hydroxylation is 1. The van der Waals surface area contributed by atoms with Crippen molar-refractivity contribution in [2.24, 2.45) is 0 Å². The highest BCUT2D eigenvalue weighted by molar-refractivity contribution is 5.89. The Morgan fingerprint density at radius 1 is 1.38 bits per heavy atom. The second-order valence-corrected chi connectivity index (χ2v) is 5.22. The number of nitrogens with one attached hydrogen (secondary N) is 2. The number of benzene rings is 1. The van der Waals surface area contributed by atoms with Gasteiger partial charge in [0.25, 0.3) is 0 Å². The Morgan fingerprint density at radius 3 is 2.81 bits per heavy atom. The molecule has 1 aliphatic carbocycles. The fraction of sp³-hybridized carbons (Fsp3) is 0.467. The molecule has 1 fully saturated rings. The minimum absolute atomic E-state index is 0.0795. The van der Waals surface area contributed by atoms with Crippen LogP contribution in [0.2, 0.25) is 0 Å². The molecule has 0 unspecified atom stereocenters. The van der Waals surface area contributed by atoms with Crippen molar-refractivity contribution in [1.82, 2.24) is 5.32 Å². The van der Waals surface area contributed by atoms with Crippen LogP contribution in [0, 0.1) is 0 Å². The van der Waals surface area contributed by atoms with Gasteiger partial charge in [0, 0.05) is 25.3 Å². The number of carbonyl (C=O) groups is 2. The van der Waals surface area contributed by atoms with Crippen LogP contribution in [0.3, 0.4) is 0 Å². The summed E-state index contributed by atoms with van der Waals surface area (Å²) in [5, 5.41) is 14.3.